The van der Waals surface area contributed by atoms with E-state index in [9.17, 15) is 18.0 Å². The fourth-order valence-corrected chi connectivity index (χ4v) is 6.94. The Kier molecular flexibility index (Phi) is 3.22. The molecule has 144 valence electrons. The number of fused-ring (bicyclic) bond motifs is 1. The van der Waals surface area contributed by atoms with Gasteiger partial charge in [0.05, 0.1) is 11.3 Å². The van der Waals surface area contributed by atoms with Crippen molar-refractivity contribution in [1.29, 1.82) is 0 Å². The lowest BCUT2D eigenvalue weighted by Crippen LogP contribution is -2.77. The van der Waals surface area contributed by atoms with E-state index < -0.39 is 16.1 Å². The fraction of sp³-hybridized carbons (Fsp3) is 0.875. The van der Waals surface area contributed by atoms with E-state index in [0.29, 0.717) is 32.7 Å². The molecule has 2 bridgehead atoms. The lowest BCUT2D eigenvalue weighted by molar-refractivity contribution is -0.194. The Hall–Kier alpha value is -1.55. The maximum Gasteiger partial charge on any atom is 0.407 e. The van der Waals surface area contributed by atoms with Crippen molar-refractivity contribution < 1.29 is 23.1 Å². The minimum atomic E-state index is -3.15. The van der Waals surface area contributed by atoms with Gasteiger partial charge in [-0.3, -0.25) is 0 Å². The van der Waals surface area contributed by atoms with Crippen LogP contribution < -0.4 is 4.72 Å². The second kappa shape index (κ2) is 5.03. The molecule has 0 radical (unpaired) electrons. The number of nitrogens with zero attached hydrogens (tertiary/aromatic N) is 3. The minimum absolute atomic E-state index is 0.0123. The van der Waals surface area contributed by atoms with Gasteiger partial charge in [0.1, 0.15) is 0 Å². The van der Waals surface area contributed by atoms with E-state index in [-0.39, 0.29) is 28.3 Å². The van der Waals surface area contributed by atoms with Crippen LogP contribution in [0, 0.1) is 5.41 Å². The van der Waals surface area contributed by atoms with Crippen molar-refractivity contribution in [2.24, 2.45) is 5.41 Å². The van der Waals surface area contributed by atoms with Gasteiger partial charge < -0.3 is 19.8 Å². The molecule has 6 fully saturated rings. The average Bonchev–Trinajstić information content (AvgIpc) is 3.31. The molecule has 3 amide bonds. The summed E-state index contributed by atoms with van der Waals surface area (Å²) >= 11 is 0. The number of urea groups is 1. The molecule has 0 spiro atoms. The van der Waals surface area contributed by atoms with Gasteiger partial charge in [-0.1, -0.05) is 0 Å². The standard InChI is InChI=1S/C16H24N4O5S/c21-13-19-4-3-18(14(22)23)5-11(19)6-20(13)16-7-15(8-16,9-16)10-17-26(24,25)12-1-2-12/h11-12,17H,1-10H2,(H,22,23)/t11-,15?,16?/m0/s1. The summed E-state index contributed by atoms with van der Waals surface area (Å²) in [6.07, 6.45) is 3.15. The molecule has 0 aromatic rings. The molecule has 6 rings (SSSR count). The average molecular weight is 384 g/mol. The Morgan fingerprint density at radius 2 is 1.88 bits per heavy atom. The van der Waals surface area contributed by atoms with Crippen LogP contribution in [0.5, 0.6) is 0 Å². The number of hydrogen-bond acceptors (Lipinski definition) is 4. The number of hydrogen-bond donors (Lipinski definition) is 2. The van der Waals surface area contributed by atoms with Crippen LogP contribution in [-0.4, -0.2) is 89.9 Å². The van der Waals surface area contributed by atoms with Crippen LogP contribution in [0.2, 0.25) is 0 Å². The van der Waals surface area contributed by atoms with Crippen LogP contribution in [0.25, 0.3) is 0 Å². The van der Waals surface area contributed by atoms with Crippen LogP contribution >= 0.6 is 0 Å². The first-order chi connectivity index (χ1) is 12.2. The molecule has 26 heavy (non-hydrogen) atoms. The molecule has 2 heterocycles. The second-order valence-corrected chi connectivity index (χ2v) is 10.8. The molecule has 1 atom stereocenters. The number of carbonyl (C=O) groups is 2. The van der Waals surface area contributed by atoms with Crippen molar-refractivity contribution in [3.63, 3.8) is 0 Å². The summed E-state index contributed by atoms with van der Waals surface area (Å²) in [5.74, 6) is 0. The van der Waals surface area contributed by atoms with E-state index in [1.54, 1.807) is 0 Å². The summed E-state index contributed by atoms with van der Waals surface area (Å²) < 4.78 is 26.8. The van der Waals surface area contributed by atoms with Crippen molar-refractivity contribution in [3.05, 3.63) is 0 Å². The van der Waals surface area contributed by atoms with Crippen molar-refractivity contribution in [1.82, 2.24) is 19.4 Å². The van der Waals surface area contributed by atoms with E-state index in [2.05, 4.69) is 4.72 Å². The first kappa shape index (κ1) is 16.6. The first-order valence-electron chi connectivity index (χ1n) is 9.28. The van der Waals surface area contributed by atoms with Gasteiger partial charge in [0.15, 0.2) is 0 Å². The molecule has 9 nitrogen and oxygen atoms in total. The molecule has 0 unspecified atom stereocenters. The number of carboxylic acid groups (broad SMARTS) is 1. The van der Waals surface area contributed by atoms with Crippen LogP contribution in [-0.2, 0) is 10.0 Å². The maximum absolute atomic E-state index is 12.8. The largest absolute Gasteiger partial charge is 0.465 e. The highest BCUT2D eigenvalue weighted by Crippen LogP contribution is 2.70. The number of piperazine rings is 1. The molecule has 4 saturated carbocycles. The Labute approximate surface area is 152 Å². The van der Waals surface area contributed by atoms with Crippen molar-refractivity contribution in [3.8, 4) is 0 Å². The van der Waals surface area contributed by atoms with Gasteiger partial charge in [0.25, 0.3) is 0 Å². The van der Waals surface area contributed by atoms with Crippen LogP contribution in [0.3, 0.4) is 0 Å². The van der Waals surface area contributed by atoms with Gasteiger partial charge in [0.2, 0.25) is 10.0 Å². The number of amides is 3. The Morgan fingerprint density at radius 3 is 2.50 bits per heavy atom. The zero-order chi connectivity index (χ0) is 18.3. The van der Waals surface area contributed by atoms with E-state index in [4.69, 9.17) is 5.11 Å². The van der Waals surface area contributed by atoms with E-state index in [0.717, 1.165) is 32.1 Å². The van der Waals surface area contributed by atoms with E-state index in [1.165, 1.54) is 4.90 Å². The summed E-state index contributed by atoms with van der Waals surface area (Å²) in [4.78, 5) is 29.1. The molecule has 4 aliphatic carbocycles. The lowest BCUT2D eigenvalue weighted by atomic mass is 9.39. The van der Waals surface area contributed by atoms with Crippen LogP contribution in [0.4, 0.5) is 9.59 Å². The molecule has 6 aliphatic rings. The molecule has 0 aromatic heterocycles. The second-order valence-electron chi connectivity index (χ2n) is 8.79. The summed E-state index contributed by atoms with van der Waals surface area (Å²) in [5.41, 5.74) is -0.119. The quantitative estimate of drug-likeness (QED) is 0.698. The molecule has 2 saturated heterocycles. The van der Waals surface area contributed by atoms with Gasteiger partial charge in [-0.15, -0.1) is 0 Å². The summed E-state index contributed by atoms with van der Waals surface area (Å²) in [6.45, 7) is 2.25. The Morgan fingerprint density at radius 1 is 1.19 bits per heavy atom. The zero-order valence-electron chi connectivity index (χ0n) is 14.6. The van der Waals surface area contributed by atoms with E-state index in [1.807, 2.05) is 9.80 Å². The fourth-order valence-electron chi connectivity index (χ4n) is 5.44. The number of nitrogens with one attached hydrogen (secondary N) is 1. The topological polar surface area (TPSA) is 110 Å². The summed E-state index contributed by atoms with van der Waals surface area (Å²) in [5, 5.41) is 8.97. The van der Waals surface area contributed by atoms with Crippen LogP contribution in [0.15, 0.2) is 0 Å². The third-order valence-corrected chi connectivity index (χ3v) is 8.82. The number of sulfonamides is 1. The first-order valence-corrected chi connectivity index (χ1v) is 10.8. The van der Waals surface area contributed by atoms with Gasteiger partial charge in [-0.05, 0) is 37.5 Å². The molecular weight excluding hydrogens is 360 g/mol. The van der Waals surface area contributed by atoms with E-state index >= 15 is 0 Å². The molecule has 2 N–H and O–H groups in total. The predicted molar refractivity (Wildman–Crippen MR) is 91.2 cm³/mol. The molecular formula is C16H24N4O5S. The third-order valence-electron chi connectivity index (χ3n) is 6.92. The predicted octanol–water partition coefficient (Wildman–Crippen LogP) is 0.0907. The highest BCUT2D eigenvalue weighted by Gasteiger charge is 2.72. The Bertz CT molecular complexity index is 760. The normalized spacial score (nSPS) is 38.7. The summed E-state index contributed by atoms with van der Waals surface area (Å²) in [6, 6.07) is -0.0439. The Balaban J connectivity index is 1.20. The lowest BCUT2D eigenvalue weighted by Gasteiger charge is -2.73. The molecule has 0 aromatic carbocycles. The number of carbonyl (C=O) groups excluding carboxylic acids is 1. The monoisotopic (exact) mass is 384 g/mol. The zero-order valence-corrected chi connectivity index (χ0v) is 15.4. The van der Waals surface area contributed by atoms with Gasteiger partial charge in [-0.25, -0.2) is 22.7 Å². The van der Waals surface area contributed by atoms with Gasteiger partial charge in [0, 0.05) is 38.3 Å². The van der Waals surface area contributed by atoms with Crippen molar-refractivity contribution in [2.75, 3.05) is 32.7 Å². The molecule has 2 aliphatic heterocycles. The SMILES string of the molecule is O=C(O)N1CCN2C(=O)N(C34CC(CNS(=O)(=O)C5CC5)(C3)C4)C[C@@H]2C1. The van der Waals surface area contributed by atoms with Gasteiger partial charge in [-0.2, -0.15) is 0 Å². The van der Waals surface area contributed by atoms with Gasteiger partial charge >= 0.3 is 12.1 Å². The minimum Gasteiger partial charge on any atom is -0.465 e. The third kappa shape index (κ3) is 2.27. The van der Waals surface area contributed by atoms with Crippen LogP contribution in [0.1, 0.15) is 32.1 Å². The van der Waals surface area contributed by atoms with Crippen molar-refractivity contribution >= 4 is 22.1 Å². The highest BCUT2D eigenvalue weighted by molar-refractivity contribution is 7.90. The number of rotatable bonds is 5. The smallest absolute Gasteiger partial charge is 0.407 e. The highest BCUT2D eigenvalue weighted by atomic mass is 32.2. The molecule has 10 heteroatoms. The summed E-state index contributed by atoms with van der Waals surface area (Å²) in [7, 11) is -3.15. The van der Waals surface area contributed by atoms with Crippen molar-refractivity contribution in [2.45, 2.75) is 48.9 Å². The maximum atomic E-state index is 12.8.